The van der Waals surface area contributed by atoms with Gasteiger partial charge in [-0.3, -0.25) is 4.79 Å². The zero-order valence-corrected chi connectivity index (χ0v) is 13.6. The fourth-order valence-electron chi connectivity index (χ4n) is 2.29. The third-order valence-electron chi connectivity index (χ3n) is 3.49. The summed E-state index contributed by atoms with van der Waals surface area (Å²) in [6.45, 7) is 4.05. The minimum absolute atomic E-state index is 0.0386. The SMILES string of the molecule is CN(CCN1CCCC1)C(=O)c1ccc(Br)cc1S. The standard InChI is InChI=1S/C14H19BrN2OS/c1-16(8-9-17-6-2-3-7-17)14(18)12-5-4-11(15)10-13(12)19/h4-5,10,19H,2-3,6-9H2,1H3. The Labute approximate surface area is 128 Å². The molecule has 1 fully saturated rings. The number of carbonyl (C=O) groups is 1. The van der Waals surface area contributed by atoms with Gasteiger partial charge in [-0.15, -0.1) is 12.6 Å². The summed E-state index contributed by atoms with van der Waals surface area (Å²) in [6.07, 6.45) is 2.57. The van der Waals surface area contributed by atoms with Crippen LogP contribution in [0.3, 0.4) is 0 Å². The first-order chi connectivity index (χ1) is 9.08. The van der Waals surface area contributed by atoms with Gasteiger partial charge in [0, 0.05) is 29.5 Å². The summed E-state index contributed by atoms with van der Waals surface area (Å²) in [5.74, 6) is 0.0386. The molecule has 1 aliphatic rings. The van der Waals surface area contributed by atoms with Crippen molar-refractivity contribution < 1.29 is 4.79 Å². The van der Waals surface area contributed by atoms with E-state index in [1.165, 1.54) is 12.8 Å². The fourth-order valence-corrected chi connectivity index (χ4v) is 3.14. The predicted molar refractivity (Wildman–Crippen MR) is 84.0 cm³/mol. The minimum Gasteiger partial charge on any atom is -0.340 e. The van der Waals surface area contributed by atoms with Crippen LogP contribution in [0.2, 0.25) is 0 Å². The zero-order valence-electron chi connectivity index (χ0n) is 11.1. The van der Waals surface area contributed by atoms with Crippen LogP contribution in [-0.4, -0.2) is 48.9 Å². The van der Waals surface area contributed by atoms with E-state index in [1.54, 1.807) is 4.90 Å². The molecule has 1 aliphatic heterocycles. The van der Waals surface area contributed by atoms with Crippen molar-refractivity contribution in [2.75, 3.05) is 33.2 Å². The largest absolute Gasteiger partial charge is 0.340 e. The smallest absolute Gasteiger partial charge is 0.254 e. The molecule has 19 heavy (non-hydrogen) atoms. The Bertz CT molecular complexity index is 461. The van der Waals surface area contributed by atoms with Gasteiger partial charge < -0.3 is 9.80 Å². The Kier molecular flexibility index (Phi) is 5.30. The number of hydrogen-bond acceptors (Lipinski definition) is 3. The molecule has 0 saturated carbocycles. The van der Waals surface area contributed by atoms with Gasteiger partial charge in [-0.2, -0.15) is 0 Å². The maximum Gasteiger partial charge on any atom is 0.254 e. The van der Waals surface area contributed by atoms with E-state index in [0.717, 1.165) is 30.7 Å². The summed E-state index contributed by atoms with van der Waals surface area (Å²) in [7, 11) is 1.85. The first kappa shape index (κ1) is 14.9. The number of rotatable bonds is 4. The molecule has 1 aromatic rings. The van der Waals surface area contributed by atoms with Crippen LogP contribution < -0.4 is 0 Å². The van der Waals surface area contributed by atoms with Gasteiger partial charge in [-0.05, 0) is 44.1 Å². The third kappa shape index (κ3) is 3.97. The van der Waals surface area contributed by atoms with Gasteiger partial charge in [0.25, 0.3) is 5.91 Å². The zero-order chi connectivity index (χ0) is 13.8. The number of hydrogen-bond donors (Lipinski definition) is 1. The van der Waals surface area contributed by atoms with Crippen molar-refractivity contribution in [2.45, 2.75) is 17.7 Å². The average Bonchev–Trinajstić information content (AvgIpc) is 2.88. The van der Waals surface area contributed by atoms with E-state index < -0.39 is 0 Å². The molecule has 5 heteroatoms. The van der Waals surface area contributed by atoms with E-state index in [2.05, 4.69) is 33.5 Å². The summed E-state index contributed by atoms with van der Waals surface area (Å²) in [6, 6.07) is 5.55. The number of carbonyl (C=O) groups excluding carboxylic acids is 1. The number of thiol groups is 1. The van der Waals surface area contributed by atoms with Crippen molar-refractivity contribution in [2.24, 2.45) is 0 Å². The topological polar surface area (TPSA) is 23.6 Å². The molecular weight excluding hydrogens is 324 g/mol. The lowest BCUT2D eigenvalue weighted by molar-refractivity contribution is 0.0779. The molecular formula is C14H19BrN2OS. The van der Waals surface area contributed by atoms with Crippen LogP contribution in [0.15, 0.2) is 27.6 Å². The second-order valence-corrected chi connectivity index (χ2v) is 6.33. The first-order valence-corrected chi connectivity index (χ1v) is 7.78. The number of likely N-dealkylation sites (tertiary alicyclic amines) is 1. The summed E-state index contributed by atoms with van der Waals surface area (Å²) in [4.78, 5) is 17.2. The maximum atomic E-state index is 12.3. The lowest BCUT2D eigenvalue weighted by Gasteiger charge is -2.22. The Morgan fingerprint density at radius 1 is 1.42 bits per heavy atom. The van der Waals surface area contributed by atoms with Crippen LogP contribution in [-0.2, 0) is 0 Å². The van der Waals surface area contributed by atoms with Crippen LogP contribution in [0.4, 0.5) is 0 Å². The van der Waals surface area contributed by atoms with Gasteiger partial charge in [-0.25, -0.2) is 0 Å². The van der Waals surface area contributed by atoms with Gasteiger partial charge in [0.15, 0.2) is 0 Å². The van der Waals surface area contributed by atoms with E-state index in [9.17, 15) is 4.79 Å². The number of nitrogens with zero attached hydrogens (tertiary/aromatic N) is 2. The highest BCUT2D eigenvalue weighted by Gasteiger charge is 2.17. The molecule has 0 atom stereocenters. The minimum atomic E-state index is 0.0386. The fraction of sp³-hybridized carbons (Fsp3) is 0.500. The quantitative estimate of drug-likeness (QED) is 0.850. The van der Waals surface area contributed by atoms with E-state index in [1.807, 2.05) is 25.2 Å². The number of benzene rings is 1. The summed E-state index contributed by atoms with van der Waals surface area (Å²) >= 11 is 7.75. The van der Waals surface area contributed by atoms with Crippen LogP contribution in [0.5, 0.6) is 0 Å². The molecule has 2 rings (SSSR count). The van der Waals surface area contributed by atoms with Crippen molar-refractivity contribution in [3.63, 3.8) is 0 Å². The van der Waals surface area contributed by atoms with Crippen molar-refractivity contribution in [3.8, 4) is 0 Å². The molecule has 0 aliphatic carbocycles. The van der Waals surface area contributed by atoms with Crippen molar-refractivity contribution >= 4 is 34.5 Å². The Balaban J connectivity index is 1.94. The molecule has 1 saturated heterocycles. The van der Waals surface area contributed by atoms with Gasteiger partial charge in [0.1, 0.15) is 0 Å². The highest BCUT2D eigenvalue weighted by Crippen LogP contribution is 2.21. The van der Waals surface area contributed by atoms with Gasteiger partial charge >= 0.3 is 0 Å². The van der Waals surface area contributed by atoms with Gasteiger partial charge in [0.05, 0.1) is 5.56 Å². The normalized spacial score (nSPS) is 15.7. The highest BCUT2D eigenvalue weighted by atomic mass is 79.9. The predicted octanol–water partition coefficient (Wildman–Crippen LogP) is 2.91. The van der Waals surface area contributed by atoms with E-state index >= 15 is 0 Å². The lowest BCUT2D eigenvalue weighted by Crippen LogP contribution is -2.35. The van der Waals surface area contributed by atoms with Crippen LogP contribution in [0, 0.1) is 0 Å². The molecule has 0 radical (unpaired) electrons. The van der Waals surface area contributed by atoms with Crippen LogP contribution >= 0.6 is 28.6 Å². The summed E-state index contributed by atoms with van der Waals surface area (Å²) < 4.78 is 0.939. The number of likely N-dealkylation sites (N-methyl/N-ethyl adjacent to an activating group) is 1. The molecule has 104 valence electrons. The summed E-state index contributed by atoms with van der Waals surface area (Å²) in [5, 5.41) is 0. The number of amides is 1. The molecule has 0 unspecified atom stereocenters. The first-order valence-electron chi connectivity index (χ1n) is 6.54. The average molecular weight is 343 g/mol. The summed E-state index contributed by atoms with van der Waals surface area (Å²) in [5.41, 5.74) is 0.662. The molecule has 0 aromatic heterocycles. The van der Waals surface area contributed by atoms with Gasteiger partial charge in [0.2, 0.25) is 0 Å². The Hall–Kier alpha value is -0.520. The molecule has 3 nitrogen and oxygen atoms in total. The molecule has 0 bridgehead atoms. The molecule has 0 spiro atoms. The maximum absolute atomic E-state index is 12.3. The van der Waals surface area contributed by atoms with Crippen LogP contribution in [0.1, 0.15) is 23.2 Å². The molecule has 1 aromatic carbocycles. The second-order valence-electron chi connectivity index (χ2n) is 4.94. The molecule has 1 heterocycles. The van der Waals surface area contributed by atoms with Crippen molar-refractivity contribution in [1.82, 2.24) is 9.80 Å². The molecule has 0 N–H and O–H groups in total. The van der Waals surface area contributed by atoms with E-state index in [0.29, 0.717) is 10.5 Å². The monoisotopic (exact) mass is 342 g/mol. The Morgan fingerprint density at radius 3 is 2.74 bits per heavy atom. The van der Waals surface area contributed by atoms with E-state index in [-0.39, 0.29) is 5.91 Å². The van der Waals surface area contributed by atoms with Crippen molar-refractivity contribution in [1.29, 1.82) is 0 Å². The lowest BCUT2D eigenvalue weighted by atomic mass is 10.2. The third-order valence-corrected chi connectivity index (χ3v) is 4.35. The highest BCUT2D eigenvalue weighted by molar-refractivity contribution is 9.10. The number of halogens is 1. The van der Waals surface area contributed by atoms with E-state index in [4.69, 9.17) is 0 Å². The van der Waals surface area contributed by atoms with Crippen molar-refractivity contribution in [3.05, 3.63) is 28.2 Å². The second kappa shape index (κ2) is 6.77. The Morgan fingerprint density at radius 2 is 2.11 bits per heavy atom. The molecule has 1 amide bonds. The van der Waals surface area contributed by atoms with Gasteiger partial charge in [-0.1, -0.05) is 15.9 Å². The van der Waals surface area contributed by atoms with Crippen LogP contribution in [0.25, 0.3) is 0 Å².